The molecule has 1 aliphatic heterocycles. The number of hydrogen-bond donors (Lipinski definition) is 2. The van der Waals surface area contributed by atoms with Crippen LogP contribution >= 0.6 is 0 Å². The van der Waals surface area contributed by atoms with E-state index in [0.717, 1.165) is 24.2 Å². The van der Waals surface area contributed by atoms with E-state index < -0.39 is 5.91 Å². The average molecular weight is 406 g/mol. The third-order valence-corrected chi connectivity index (χ3v) is 5.01. The highest BCUT2D eigenvalue weighted by Gasteiger charge is 2.17. The van der Waals surface area contributed by atoms with Crippen molar-refractivity contribution < 1.29 is 14.3 Å². The minimum Gasteiger partial charge on any atom is -0.493 e. The van der Waals surface area contributed by atoms with Gasteiger partial charge in [0.05, 0.1) is 23.9 Å². The average Bonchev–Trinajstić information content (AvgIpc) is 3.22. The molecule has 2 amide bonds. The highest BCUT2D eigenvalue weighted by molar-refractivity contribution is 5.98. The molecule has 0 saturated carbocycles. The molecule has 1 aromatic heterocycles. The molecule has 0 fully saturated rings. The van der Waals surface area contributed by atoms with Gasteiger partial charge in [-0.15, -0.1) is 0 Å². The first kappa shape index (κ1) is 19.6. The second-order valence-corrected chi connectivity index (χ2v) is 7.23. The second kappa shape index (κ2) is 8.36. The van der Waals surface area contributed by atoms with E-state index in [0.29, 0.717) is 28.8 Å². The van der Waals surface area contributed by atoms with Crippen molar-refractivity contribution in [3.8, 4) is 5.75 Å². The Morgan fingerprint density at radius 3 is 2.73 bits per heavy atom. The number of aromatic nitrogens is 2. The number of ether oxygens (including phenoxy) is 1. The van der Waals surface area contributed by atoms with E-state index in [9.17, 15) is 14.4 Å². The van der Waals surface area contributed by atoms with Crippen molar-refractivity contribution in [2.45, 2.75) is 32.7 Å². The molecule has 154 valence electrons. The summed E-state index contributed by atoms with van der Waals surface area (Å²) >= 11 is 0. The topological polar surface area (TPSA) is 102 Å². The molecule has 2 N–H and O–H groups in total. The Hall–Kier alpha value is -3.68. The fourth-order valence-electron chi connectivity index (χ4n) is 3.38. The highest BCUT2D eigenvalue weighted by Crippen LogP contribution is 2.16. The summed E-state index contributed by atoms with van der Waals surface area (Å²) in [7, 11) is 0. The zero-order valence-corrected chi connectivity index (χ0v) is 16.6. The van der Waals surface area contributed by atoms with Crippen LogP contribution in [0.5, 0.6) is 5.75 Å². The van der Waals surface area contributed by atoms with E-state index in [1.165, 1.54) is 0 Å². The lowest BCUT2D eigenvalue weighted by atomic mass is 10.1. The van der Waals surface area contributed by atoms with Gasteiger partial charge in [-0.1, -0.05) is 17.7 Å². The molecule has 30 heavy (non-hydrogen) atoms. The van der Waals surface area contributed by atoms with Crippen molar-refractivity contribution in [1.29, 1.82) is 0 Å². The molecule has 0 saturated heterocycles. The van der Waals surface area contributed by atoms with Gasteiger partial charge in [0.1, 0.15) is 11.6 Å². The Morgan fingerprint density at radius 2 is 1.93 bits per heavy atom. The minimum atomic E-state index is -0.480. The third-order valence-electron chi connectivity index (χ3n) is 5.01. The van der Waals surface area contributed by atoms with Crippen molar-refractivity contribution in [3.63, 3.8) is 0 Å². The number of hydrazine groups is 1. The van der Waals surface area contributed by atoms with Crippen molar-refractivity contribution in [2.24, 2.45) is 0 Å². The lowest BCUT2D eigenvalue weighted by molar-refractivity contribution is -0.122. The first-order valence-corrected chi connectivity index (χ1v) is 9.83. The Morgan fingerprint density at radius 1 is 1.13 bits per heavy atom. The van der Waals surface area contributed by atoms with Gasteiger partial charge in [-0.2, -0.15) is 0 Å². The van der Waals surface area contributed by atoms with Crippen LogP contribution in [0, 0.1) is 6.92 Å². The molecule has 0 unspecified atom stereocenters. The van der Waals surface area contributed by atoms with Crippen LogP contribution in [0.1, 0.15) is 34.6 Å². The number of carbonyl (C=O) groups excluding carboxylic acids is 2. The summed E-state index contributed by atoms with van der Waals surface area (Å²) in [5, 5.41) is 0.481. The fraction of sp³-hybridized carbons (Fsp3) is 0.273. The van der Waals surface area contributed by atoms with Gasteiger partial charge in [0.2, 0.25) is 5.91 Å². The standard InChI is InChI=1S/C22H22N4O4/c1-14-4-7-16(8-5-14)30-12-10-20(27)24-25-21(28)15-6-9-17-18(13-15)23-19-3-2-11-26(19)22(17)29/h4-9,13H,2-3,10-12H2,1H3,(H,24,27)(H,25,28). The molecule has 8 heteroatoms. The van der Waals surface area contributed by atoms with Crippen molar-refractivity contribution in [2.75, 3.05) is 6.61 Å². The zero-order chi connectivity index (χ0) is 21.1. The Labute approximate surface area is 172 Å². The van der Waals surface area contributed by atoms with Crippen LogP contribution in [0.4, 0.5) is 0 Å². The Balaban J connectivity index is 1.33. The molecule has 0 radical (unpaired) electrons. The van der Waals surface area contributed by atoms with Gasteiger partial charge in [0, 0.05) is 18.5 Å². The molecular formula is C22H22N4O4. The molecule has 0 aliphatic carbocycles. The van der Waals surface area contributed by atoms with Gasteiger partial charge in [-0.25, -0.2) is 4.98 Å². The predicted molar refractivity (Wildman–Crippen MR) is 111 cm³/mol. The predicted octanol–water partition coefficient (Wildman–Crippen LogP) is 1.88. The number of carbonyl (C=O) groups is 2. The van der Waals surface area contributed by atoms with Crippen LogP contribution in [0.25, 0.3) is 10.9 Å². The molecule has 4 rings (SSSR count). The largest absolute Gasteiger partial charge is 0.493 e. The summed E-state index contributed by atoms with van der Waals surface area (Å²) in [6.07, 6.45) is 1.74. The number of benzene rings is 2. The SMILES string of the molecule is Cc1ccc(OCCC(=O)NNC(=O)c2ccc3c(=O)n4c(nc3c2)CCC4)cc1. The molecule has 8 nitrogen and oxygen atoms in total. The number of nitrogens with zero attached hydrogens (tertiary/aromatic N) is 2. The van der Waals surface area contributed by atoms with Gasteiger partial charge in [0.15, 0.2) is 0 Å². The number of hydrogen-bond acceptors (Lipinski definition) is 5. The quantitative estimate of drug-likeness (QED) is 0.630. The smallest absolute Gasteiger partial charge is 0.269 e. The molecule has 0 spiro atoms. The number of amides is 2. The molecule has 2 aromatic carbocycles. The Bertz CT molecular complexity index is 1170. The van der Waals surface area contributed by atoms with Crippen LogP contribution < -0.4 is 21.1 Å². The summed E-state index contributed by atoms with van der Waals surface area (Å²) in [4.78, 5) is 41.3. The maximum Gasteiger partial charge on any atom is 0.269 e. The fourth-order valence-corrected chi connectivity index (χ4v) is 3.38. The van der Waals surface area contributed by atoms with Crippen LogP contribution in [-0.4, -0.2) is 28.0 Å². The normalized spacial score (nSPS) is 12.4. The summed E-state index contributed by atoms with van der Waals surface area (Å²) in [5.41, 5.74) is 6.60. The van der Waals surface area contributed by atoms with Crippen LogP contribution in [0.3, 0.4) is 0 Å². The first-order valence-electron chi connectivity index (χ1n) is 9.83. The van der Waals surface area contributed by atoms with E-state index >= 15 is 0 Å². The van der Waals surface area contributed by atoms with Crippen molar-refractivity contribution in [3.05, 3.63) is 69.8 Å². The van der Waals surface area contributed by atoms with Gasteiger partial charge in [-0.05, 0) is 43.7 Å². The van der Waals surface area contributed by atoms with E-state index in [4.69, 9.17) is 4.74 Å². The summed E-state index contributed by atoms with van der Waals surface area (Å²) in [5.74, 6) is 0.577. The number of nitrogens with one attached hydrogen (secondary N) is 2. The van der Waals surface area contributed by atoms with Crippen LogP contribution in [0.2, 0.25) is 0 Å². The monoisotopic (exact) mass is 406 g/mol. The second-order valence-electron chi connectivity index (χ2n) is 7.23. The van der Waals surface area contributed by atoms with Gasteiger partial charge in [-0.3, -0.25) is 29.8 Å². The molecular weight excluding hydrogens is 384 g/mol. The lowest BCUT2D eigenvalue weighted by Crippen LogP contribution is -2.42. The zero-order valence-electron chi connectivity index (χ0n) is 16.6. The molecule has 3 aromatic rings. The van der Waals surface area contributed by atoms with E-state index in [1.807, 2.05) is 31.2 Å². The highest BCUT2D eigenvalue weighted by atomic mass is 16.5. The van der Waals surface area contributed by atoms with Gasteiger partial charge >= 0.3 is 0 Å². The molecule has 0 bridgehead atoms. The third kappa shape index (κ3) is 4.17. The van der Waals surface area contributed by atoms with Gasteiger partial charge in [0.25, 0.3) is 11.5 Å². The van der Waals surface area contributed by atoms with Crippen molar-refractivity contribution in [1.82, 2.24) is 20.4 Å². The summed E-state index contributed by atoms with van der Waals surface area (Å²) in [6, 6.07) is 12.2. The van der Waals surface area contributed by atoms with Crippen molar-refractivity contribution >= 4 is 22.7 Å². The minimum absolute atomic E-state index is 0.0821. The van der Waals surface area contributed by atoms with Crippen LogP contribution in [-0.2, 0) is 17.8 Å². The van der Waals surface area contributed by atoms with E-state index in [-0.39, 0.29) is 24.5 Å². The maximum atomic E-state index is 12.5. The first-order chi connectivity index (χ1) is 14.5. The van der Waals surface area contributed by atoms with Crippen LogP contribution in [0.15, 0.2) is 47.3 Å². The molecule has 1 aliphatic rings. The lowest BCUT2D eigenvalue weighted by Gasteiger charge is -2.10. The number of fused-ring (bicyclic) bond motifs is 2. The van der Waals surface area contributed by atoms with E-state index in [1.54, 1.807) is 22.8 Å². The molecule has 2 heterocycles. The number of rotatable bonds is 5. The van der Waals surface area contributed by atoms with Gasteiger partial charge < -0.3 is 4.74 Å². The molecule has 0 atom stereocenters. The number of aryl methyl sites for hydroxylation is 2. The maximum absolute atomic E-state index is 12.5. The summed E-state index contributed by atoms with van der Waals surface area (Å²) in [6.45, 7) is 2.86. The van der Waals surface area contributed by atoms with E-state index in [2.05, 4.69) is 15.8 Å². The summed E-state index contributed by atoms with van der Waals surface area (Å²) < 4.78 is 7.19. The Kier molecular flexibility index (Phi) is 5.47.